The van der Waals surface area contributed by atoms with Crippen LogP contribution in [-0.4, -0.2) is 28.5 Å². The van der Waals surface area contributed by atoms with Crippen LogP contribution in [0.25, 0.3) is 10.2 Å². The molecule has 2 nitrogen and oxygen atoms in total. The van der Waals surface area contributed by atoms with Crippen molar-refractivity contribution in [2.24, 2.45) is 0 Å². The molecule has 18 heavy (non-hydrogen) atoms. The minimum absolute atomic E-state index is 0.600. The summed E-state index contributed by atoms with van der Waals surface area (Å²) in [6, 6.07) is 5.36. The van der Waals surface area contributed by atoms with Gasteiger partial charge < -0.3 is 0 Å². The van der Waals surface area contributed by atoms with E-state index >= 15 is 0 Å². The van der Waals surface area contributed by atoms with Gasteiger partial charge in [-0.2, -0.15) is 0 Å². The molecule has 0 fully saturated rings. The van der Waals surface area contributed by atoms with E-state index in [1.807, 2.05) is 12.3 Å². The maximum absolute atomic E-state index is 4.50. The summed E-state index contributed by atoms with van der Waals surface area (Å²) in [7, 11) is 0. The van der Waals surface area contributed by atoms with Crippen molar-refractivity contribution in [3.8, 4) is 0 Å². The Bertz CT molecular complexity index is 494. The quantitative estimate of drug-likeness (QED) is 0.811. The van der Waals surface area contributed by atoms with Crippen LogP contribution in [0, 0.1) is 0 Å². The minimum atomic E-state index is 0.600. The first-order valence-electron chi connectivity index (χ1n) is 6.66. The van der Waals surface area contributed by atoms with E-state index in [-0.39, 0.29) is 0 Å². The topological polar surface area (TPSA) is 16.1 Å². The van der Waals surface area contributed by atoms with E-state index < -0.39 is 0 Å². The fraction of sp³-hybridized carbons (Fsp3) is 0.533. The van der Waals surface area contributed by atoms with Crippen molar-refractivity contribution in [2.75, 3.05) is 6.54 Å². The van der Waals surface area contributed by atoms with E-state index in [1.54, 1.807) is 11.3 Å². The molecule has 0 spiro atoms. The SMILES string of the molecule is CC(C)N(CCc1csc2cccnc12)C(C)C. The summed E-state index contributed by atoms with van der Waals surface area (Å²) in [6.07, 6.45) is 2.98. The van der Waals surface area contributed by atoms with Gasteiger partial charge in [0.2, 0.25) is 0 Å². The molecule has 0 aromatic carbocycles. The minimum Gasteiger partial charge on any atom is -0.298 e. The van der Waals surface area contributed by atoms with Crippen molar-refractivity contribution in [2.45, 2.75) is 46.2 Å². The average Bonchev–Trinajstić information content (AvgIpc) is 2.72. The highest BCUT2D eigenvalue weighted by Gasteiger charge is 2.14. The predicted molar refractivity (Wildman–Crippen MR) is 80.3 cm³/mol. The van der Waals surface area contributed by atoms with Gasteiger partial charge in [-0.05, 0) is 57.2 Å². The zero-order valence-corrected chi connectivity index (χ0v) is 12.5. The third-order valence-corrected chi connectivity index (χ3v) is 4.35. The van der Waals surface area contributed by atoms with Crippen LogP contribution in [0.1, 0.15) is 33.3 Å². The number of hydrogen-bond acceptors (Lipinski definition) is 3. The molecule has 2 aromatic heterocycles. The largest absolute Gasteiger partial charge is 0.298 e. The number of aromatic nitrogens is 1. The van der Waals surface area contributed by atoms with Gasteiger partial charge in [0.05, 0.1) is 10.2 Å². The highest BCUT2D eigenvalue weighted by Crippen LogP contribution is 2.24. The second kappa shape index (κ2) is 5.81. The smallest absolute Gasteiger partial charge is 0.0842 e. The van der Waals surface area contributed by atoms with Gasteiger partial charge in [-0.3, -0.25) is 9.88 Å². The van der Waals surface area contributed by atoms with E-state index in [9.17, 15) is 0 Å². The Kier molecular flexibility index (Phi) is 4.36. The van der Waals surface area contributed by atoms with Crippen molar-refractivity contribution in [1.29, 1.82) is 0 Å². The Balaban J connectivity index is 2.10. The number of pyridine rings is 1. The monoisotopic (exact) mass is 262 g/mol. The van der Waals surface area contributed by atoms with Crippen LogP contribution < -0.4 is 0 Å². The molecule has 3 heteroatoms. The van der Waals surface area contributed by atoms with Gasteiger partial charge in [0, 0.05) is 24.8 Å². The van der Waals surface area contributed by atoms with Crippen molar-refractivity contribution in [3.05, 3.63) is 29.3 Å². The first-order chi connectivity index (χ1) is 8.59. The lowest BCUT2D eigenvalue weighted by atomic mass is 10.1. The second-order valence-electron chi connectivity index (χ2n) is 5.29. The summed E-state index contributed by atoms with van der Waals surface area (Å²) >= 11 is 1.80. The molecule has 2 rings (SSSR count). The normalized spacial score (nSPS) is 12.2. The molecule has 0 atom stereocenters. The Labute approximate surface area is 114 Å². The predicted octanol–water partition coefficient (Wildman–Crippen LogP) is 3.96. The molecular weight excluding hydrogens is 240 g/mol. The van der Waals surface area contributed by atoms with Gasteiger partial charge in [-0.1, -0.05) is 0 Å². The third kappa shape index (κ3) is 2.90. The third-order valence-electron chi connectivity index (χ3n) is 3.37. The molecule has 98 valence electrons. The van der Waals surface area contributed by atoms with E-state index in [2.05, 4.69) is 49.0 Å². The van der Waals surface area contributed by atoms with E-state index in [1.165, 1.54) is 15.8 Å². The zero-order chi connectivity index (χ0) is 13.1. The second-order valence-corrected chi connectivity index (χ2v) is 6.20. The Morgan fingerprint density at radius 2 is 1.94 bits per heavy atom. The van der Waals surface area contributed by atoms with E-state index in [0.717, 1.165) is 13.0 Å². The van der Waals surface area contributed by atoms with Crippen LogP contribution in [0.15, 0.2) is 23.7 Å². The van der Waals surface area contributed by atoms with Crippen molar-refractivity contribution in [1.82, 2.24) is 9.88 Å². The van der Waals surface area contributed by atoms with Crippen LogP contribution in [0.4, 0.5) is 0 Å². The summed E-state index contributed by atoms with van der Waals surface area (Å²) in [6.45, 7) is 10.2. The number of nitrogens with zero attached hydrogens (tertiary/aromatic N) is 2. The number of fused-ring (bicyclic) bond motifs is 1. The summed E-state index contributed by atoms with van der Waals surface area (Å²) in [5, 5.41) is 2.26. The van der Waals surface area contributed by atoms with E-state index in [4.69, 9.17) is 0 Å². The van der Waals surface area contributed by atoms with E-state index in [0.29, 0.717) is 12.1 Å². The van der Waals surface area contributed by atoms with Crippen molar-refractivity contribution < 1.29 is 0 Å². The Morgan fingerprint density at radius 3 is 2.61 bits per heavy atom. The summed E-state index contributed by atoms with van der Waals surface area (Å²) in [4.78, 5) is 7.03. The molecule has 0 saturated carbocycles. The number of thiophene rings is 1. The van der Waals surface area contributed by atoms with Gasteiger partial charge in [0.25, 0.3) is 0 Å². The summed E-state index contributed by atoms with van der Waals surface area (Å²) in [5.41, 5.74) is 2.58. The Morgan fingerprint density at radius 1 is 1.22 bits per heavy atom. The highest BCUT2D eigenvalue weighted by molar-refractivity contribution is 7.17. The van der Waals surface area contributed by atoms with Crippen LogP contribution in [0.3, 0.4) is 0 Å². The lowest BCUT2D eigenvalue weighted by molar-refractivity contribution is 0.177. The molecule has 0 aliphatic carbocycles. The van der Waals surface area contributed by atoms with Gasteiger partial charge in [0.15, 0.2) is 0 Å². The molecule has 0 bridgehead atoms. The number of hydrogen-bond donors (Lipinski definition) is 0. The maximum Gasteiger partial charge on any atom is 0.0842 e. The maximum atomic E-state index is 4.50. The fourth-order valence-electron chi connectivity index (χ4n) is 2.46. The van der Waals surface area contributed by atoms with Crippen LogP contribution in [-0.2, 0) is 6.42 Å². The highest BCUT2D eigenvalue weighted by atomic mass is 32.1. The number of rotatable bonds is 5. The average molecular weight is 262 g/mol. The van der Waals surface area contributed by atoms with Crippen LogP contribution >= 0.6 is 11.3 Å². The molecule has 2 aromatic rings. The van der Waals surface area contributed by atoms with Crippen LogP contribution in [0.2, 0.25) is 0 Å². The van der Waals surface area contributed by atoms with Gasteiger partial charge in [-0.25, -0.2) is 0 Å². The molecule has 0 N–H and O–H groups in total. The standard InChI is InChI=1S/C15H22N2S/c1-11(2)17(12(3)4)9-7-13-10-18-14-6-5-8-16-15(13)14/h5-6,8,10-12H,7,9H2,1-4H3. The molecule has 0 aliphatic rings. The van der Waals surface area contributed by atoms with Gasteiger partial charge in [-0.15, -0.1) is 11.3 Å². The molecule has 0 saturated heterocycles. The molecule has 0 radical (unpaired) electrons. The van der Waals surface area contributed by atoms with Gasteiger partial charge in [0.1, 0.15) is 0 Å². The zero-order valence-electron chi connectivity index (χ0n) is 11.7. The van der Waals surface area contributed by atoms with Crippen molar-refractivity contribution in [3.63, 3.8) is 0 Å². The molecule has 2 heterocycles. The lowest BCUT2D eigenvalue weighted by Crippen LogP contribution is -2.38. The van der Waals surface area contributed by atoms with Gasteiger partial charge >= 0.3 is 0 Å². The Hall–Kier alpha value is -0.930. The molecular formula is C15H22N2S. The summed E-state index contributed by atoms with van der Waals surface area (Å²) < 4.78 is 1.30. The fourth-order valence-corrected chi connectivity index (χ4v) is 3.41. The van der Waals surface area contributed by atoms with Crippen molar-refractivity contribution >= 4 is 21.6 Å². The first kappa shape index (κ1) is 13.5. The molecule has 0 amide bonds. The van der Waals surface area contributed by atoms with Crippen LogP contribution in [0.5, 0.6) is 0 Å². The molecule has 0 aliphatic heterocycles. The first-order valence-corrected chi connectivity index (χ1v) is 7.54. The molecule has 0 unspecified atom stereocenters. The lowest BCUT2D eigenvalue weighted by Gasteiger charge is -2.30. The summed E-state index contributed by atoms with van der Waals surface area (Å²) in [5.74, 6) is 0.